The Bertz CT molecular complexity index is 656. The van der Waals surface area contributed by atoms with Crippen LogP contribution in [0.1, 0.15) is 31.4 Å². The van der Waals surface area contributed by atoms with E-state index in [2.05, 4.69) is 0 Å². The molecule has 3 nitrogen and oxygen atoms in total. The van der Waals surface area contributed by atoms with Gasteiger partial charge in [0.05, 0.1) is 11.9 Å². The molecule has 0 bridgehead atoms. The quantitative estimate of drug-likeness (QED) is 0.922. The summed E-state index contributed by atoms with van der Waals surface area (Å²) in [7, 11) is 1.81. The average Bonchev–Trinajstić information content (AvgIpc) is 2.53. The molecule has 1 heterocycles. The summed E-state index contributed by atoms with van der Waals surface area (Å²) in [5.74, 6) is -1.18. The maximum atomic E-state index is 14.2. The van der Waals surface area contributed by atoms with E-state index >= 15 is 0 Å². The van der Waals surface area contributed by atoms with E-state index in [0.29, 0.717) is 11.1 Å². The lowest BCUT2D eigenvalue weighted by molar-refractivity contribution is -0.138. The molecular formula is C15H18FNO2. The lowest BCUT2D eigenvalue weighted by atomic mass is 9.81. The highest BCUT2D eigenvalue weighted by Crippen LogP contribution is 2.32. The Kier molecular flexibility index (Phi) is 3.12. The Hall–Kier alpha value is -1.84. The van der Waals surface area contributed by atoms with Crippen LogP contribution in [0.2, 0.25) is 0 Å². The third-order valence-corrected chi connectivity index (χ3v) is 3.60. The second-order valence-corrected chi connectivity index (χ2v) is 5.73. The molecular weight excluding hydrogens is 245 g/mol. The minimum Gasteiger partial charge on any atom is -0.481 e. The van der Waals surface area contributed by atoms with Crippen LogP contribution >= 0.6 is 0 Å². The van der Waals surface area contributed by atoms with Gasteiger partial charge < -0.3 is 9.67 Å². The Balaban J connectivity index is 2.64. The second kappa shape index (κ2) is 4.37. The predicted molar refractivity (Wildman–Crippen MR) is 72.9 cm³/mol. The molecule has 4 heteroatoms. The van der Waals surface area contributed by atoms with E-state index in [9.17, 15) is 9.18 Å². The van der Waals surface area contributed by atoms with Gasteiger partial charge in [0.25, 0.3) is 0 Å². The molecule has 0 atom stereocenters. The first kappa shape index (κ1) is 13.6. The van der Waals surface area contributed by atoms with Crippen molar-refractivity contribution in [3.8, 4) is 0 Å². The number of benzene rings is 1. The Morgan fingerprint density at radius 1 is 1.42 bits per heavy atom. The number of halogens is 1. The van der Waals surface area contributed by atoms with Crippen LogP contribution in [0.25, 0.3) is 10.9 Å². The number of aliphatic carboxylic acids is 1. The number of rotatable bonds is 3. The molecule has 0 unspecified atom stereocenters. The van der Waals surface area contributed by atoms with Crippen LogP contribution in [-0.4, -0.2) is 15.6 Å². The molecule has 1 aromatic heterocycles. The van der Waals surface area contributed by atoms with Gasteiger partial charge in [-0.25, -0.2) is 4.39 Å². The number of aryl methyl sites for hydroxylation is 2. The van der Waals surface area contributed by atoms with Gasteiger partial charge in [0.2, 0.25) is 0 Å². The van der Waals surface area contributed by atoms with Gasteiger partial charge in [-0.15, -0.1) is 0 Å². The zero-order chi connectivity index (χ0) is 14.4. The molecule has 0 saturated carbocycles. The maximum Gasteiger partial charge on any atom is 0.304 e. The molecule has 0 aliphatic heterocycles. The van der Waals surface area contributed by atoms with Crippen LogP contribution in [0.5, 0.6) is 0 Å². The molecule has 19 heavy (non-hydrogen) atoms. The summed E-state index contributed by atoms with van der Waals surface area (Å²) in [5.41, 5.74) is 1.68. The highest BCUT2D eigenvalue weighted by atomic mass is 19.1. The first-order valence-corrected chi connectivity index (χ1v) is 6.20. The molecule has 1 aromatic carbocycles. The molecule has 0 radical (unpaired) electrons. The van der Waals surface area contributed by atoms with E-state index in [0.717, 1.165) is 10.9 Å². The summed E-state index contributed by atoms with van der Waals surface area (Å²) in [6.07, 6.45) is 1.85. The monoisotopic (exact) mass is 263 g/mol. The van der Waals surface area contributed by atoms with Gasteiger partial charge in [-0.3, -0.25) is 4.79 Å². The summed E-state index contributed by atoms with van der Waals surface area (Å²) in [6, 6.07) is 3.35. The van der Waals surface area contributed by atoms with Crippen LogP contribution in [0, 0.1) is 12.7 Å². The Labute approximate surface area is 111 Å². The average molecular weight is 263 g/mol. The molecule has 2 aromatic rings. The van der Waals surface area contributed by atoms with Gasteiger partial charge in [0.15, 0.2) is 0 Å². The van der Waals surface area contributed by atoms with E-state index < -0.39 is 11.4 Å². The minimum absolute atomic E-state index is 0.0240. The first-order chi connectivity index (χ1) is 8.72. The molecule has 0 saturated heterocycles. The number of carboxylic acids is 1. The maximum absolute atomic E-state index is 14.2. The van der Waals surface area contributed by atoms with Crippen molar-refractivity contribution >= 4 is 16.9 Å². The SMILES string of the molecule is Cc1cn(C)c2c(F)cc(C(C)(C)CC(=O)O)cc12. The number of carboxylic acid groups (broad SMARTS) is 1. The first-order valence-electron chi connectivity index (χ1n) is 6.20. The summed E-state index contributed by atoms with van der Waals surface area (Å²) in [4.78, 5) is 10.9. The van der Waals surface area contributed by atoms with Crippen LogP contribution in [0.3, 0.4) is 0 Å². The van der Waals surface area contributed by atoms with Gasteiger partial charge in [0, 0.05) is 24.0 Å². The predicted octanol–water partition coefficient (Wildman–Crippen LogP) is 3.38. The largest absolute Gasteiger partial charge is 0.481 e. The second-order valence-electron chi connectivity index (χ2n) is 5.73. The van der Waals surface area contributed by atoms with Crippen LogP contribution in [-0.2, 0) is 17.3 Å². The van der Waals surface area contributed by atoms with Crippen LogP contribution in [0.15, 0.2) is 18.3 Å². The van der Waals surface area contributed by atoms with E-state index in [-0.39, 0.29) is 12.2 Å². The van der Waals surface area contributed by atoms with Gasteiger partial charge in [-0.05, 0) is 30.2 Å². The normalized spacial score (nSPS) is 12.1. The molecule has 0 aliphatic rings. The van der Waals surface area contributed by atoms with E-state index in [1.165, 1.54) is 6.07 Å². The highest BCUT2D eigenvalue weighted by Gasteiger charge is 2.26. The fourth-order valence-corrected chi connectivity index (χ4v) is 2.55. The lowest BCUT2D eigenvalue weighted by Gasteiger charge is -2.23. The number of nitrogens with zero attached hydrogens (tertiary/aromatic N) is 1. The van der Waals surface area contributed by atoms with Crippen molar-refractivity contribution in [1.82, 2.24) is 4.57 Å². The van der Waals surface area contributed by atoms with Crippen molar-refractivity contribution in [3.05, 3.63) is 35.3 Å². The molecule has 0 aliphatic carbocycles. The van der Waals surface area contributed by atoms with Crippen LogP contribution in [0.4, 0.5) is 4.39 Å². The van der Waals surface area contributed by atoms with Crippen molar-refractivity contribution in [2.75, 3.05) is 0 Å². The van der Waals surface area contributed by atoms with Gasteiger partial charge in [0.1, 0.15) is 5.82 Å². The topological polar surface area (TPSA) is 42.2 Å². The molecule has 1 N–H and O–H groups in total. The summed E-state index contributed by atoms with van der Waals surface area (Å²) < 4.78 is 16.0. The van der Waals surface area contributed by atoms with Crippen molar-refractivity contribution < 1.29 is 14.3 Å². The smallest absolute Gasteiger partial charge is 0.304 e. The fourth-order valence-electron chi connectivity index (χ4n) is 2.55. The van der Waals surface area contributed by atoms with Crippen molar-refractivity contribution in [1.29, 1.82) is 0 Å². The van der Waals surface area contributed by atoms with E-state index in [1.54, 1.807) is 11.6 Å². The molecule has 2 rings (SSSR count). The fraction of sp³-hybridized carbons (Fsp3) is 0.400. The zero-order valence-corrected chi connectivity index (χ0v) is 11.6. The third kappa shape index (κ3) is 2.35. The number of hydrogen-bond donors (Lipinski definition) is 1. The molecule has 102 valence electrons. The number of hydrogen-bond acceptors (Lipinski definition) is 1. The summed E-state index contributed by atoms with van der Waals surface area (Å²) >= 11 is 0. The number of carbonyl (C=O) groups is 1. The van der Waals surface area contributed by atoms with Crippen molar-refractivity contribution in [2.24, 2.45) is 7.05 Å². The van der Waals surface area contributed by atoms with Crippen molar-refractivity contribution in [3.63, 3.8) is 0 Å². The summed E-state index contributed by atoms with van der Waals surface area (Å²) in [6.45, 7) is 5.57. The highest BCUT2D eigenvalue weighted by molar-refractivity contribution is 5.85. The third-order valence-electron chi connectivity index (χ3n) is 3.60. The van der Waals surface area contributed by atoms with E-state index in [4.69, 9.17) is 5.11 Å². The Morgan fingerprint density at radius 2 is 2.05 bits per heavy atom. The van der Waals surface area contributed by atoms with Crippen LogP contribution < -0.4 is 0 Å². The van der Waals surface area contributed by atoms with E-state index in [1.807, 2.05) is 33.0 Å². The van der Waals surface area contributed by atoms with Crippen molar-refractivity contribution in [2.45, 2.75) is 32.6 Å². The minimum atomic E-state index is -0.879. The van der Waals surface area contributed by atoms with Gasteiger partial charge >= 0.3 is 5.97 Å². The summed E-state index contributed by atoms with van der Waals surface area (Å²) in [5, 5.41) is 9.80. The van der Waals surface area contributed by atoms with Gasteiger partial charge in [-0.1, -0.05) is 13.8 Å². The lowest BCUT2D eigenvalue weighted by Crippen LogP contribution is -2.21. The Morgan fingerprint density at radius 3 is 2.63 bits per heavy atom. The zero-order valence-electron chi connectivity index (χ0n) is 11.6. The standard InChI is InChI=1S/C15H18FNO2/c1-9-8-17(4)14-11(9)5-10(6-12(14)16)15(2,3)7-13(18)19/h5-6,8H,7H2,1-4H3,(H,18,19). The molecule has 0 amide bonds. The number of aromatic nitrogens is 1. The molecule has 0 spiro atoms. The number of fused-ring (bicyclic) bond motifs is 1. The van der Waals surface area contributed by atoms with Gasteiger partial charge in [-0.2, -0.15) is 0 Å². The molecule has 0 fully saturated rings.